The molecule has 0 saturated carbocycles. The molecule has 1 aromatic heterocycles. The van der Waals surface area contributed by atoms with Crippen molar-refractivity contribution in [3.05, 3.63) is 78.4 Å². The number of fused-ring (bicyclic) bond motifs is 3. The quantitative estimate of drug-likeness (QED) is 0.570. The highest BCUT2D eigenvalue weighted by Gasteiger charge is 2.17. The largest absolute Gasteiger partial charge is 0.456 e. The van der Waals surface area contributed by atoms with Crippen LogP contribution in [0, 0.1) is 0 Å². The Morgan fingerprint density at radius 2 is 1.56 bits per heavy atom. The minimum Gasteiger partial charge on any atom is -0.456 e. The normalized spacial score (nSPS) is 12.0. The molecule has 0 fully saturated rings. The van der Waals surface area contributed by atoms with E-state index >= 15 is 0 Å². The van der Waals surface area contributed by atoms with E-state index in [1.165, 1.54) is 0 Å². The molecule has 0 aliphatic heterocycles. The summed E-state index contributed by atoms with van der Waals surface area (Å²) >= 11 is 0. The fourth-order valence-corrected chi connectivity index (χ4v) is 2.99. The first kappa shape index (κ1) is 16.8. The maximum Gasteiger partial charge on any atom is 0.251 e. The van der Waals surface area contributed by atoms with Crippen molar-refractivity contribution >= 4 is 39.4 Å². The van der Waals surface area contributed by atoms with Crippen molar-refractivity contribution in [3.63, 3.8) is 0 Å². The molecule has 0 aliphatic carbocycles. The van der Waals surface area contributed by atoms with Crippen LogP contribution in [0.1, 0.15) is 17.3 Å². The lowest BCUT2D eigenvalue weighted by Gasteiger charge is -2.14. The standard InChI is InChI=1S/C22H18N2O3/c1-14(23-22(26)15-7-3-2-4-8-15)21(25)24-16-11-12-20-18(13-16)17-9-5-6-10-19(17)27-20/h2-14H,1H3,(H,23,26)(H,24,25). The van der Waals surface area contributed by atoms with Crippen LogP contribution >= 0.6 is 0 Å². The van der Waals surface area contributed by atoms with Crippen molar-refractivity contribution in [1.29, 1.82) is 0 Å². The number of hydrogen-bond acceptors (Lipinski definition) is 3. The second kappa shape index (κ2) is 6.96. The zero-order chi connectivity index (χ0) is 18.8. The third kappa shape index (κ3) is 3.40. The molecule has 27 heavy (non-hydrogen) atoms. The maximum absolute atomic E-state index is 12.5. The predicted molar refractivity (Wildman–Crippen MR) is 106 cm³/mol. The van der Waals surface area contributed by atoms with Crippen LogP contribution in [0.3, 0.4) is 0 Å². The Morgan fingerprint density at radius 1 is 0.852 bits per heavy atom. The SMILES string of the molecule is CC(NC(=O)c1ccccc1)C(=O)Nc1ccc2oc3ccccc3c2c1. The van der Waals surface area contributed by atoms with Gasteiger partial charge < -0.3 is 15.1 Å². The van der Waals surface area contributed by atoms with Crippen molar-refractivity contribution < 1.29 is 14.0 Å². The number of rotatable bonds is 4. The molecule has 0 radical (unpaired) electrons. The van der Waals surface area contributed by atoms with E-state index in [9.17, 15) is 9.59 Å². The molecule has 1 unspecified atom stereocenters. The van der Waals surface area contributed by atoms with Crippen LogP contribution in [0.2, 0.25) is 0 Å². The number of amides is 2. The van der Waals surface area contributed by atoms with Crippen molar-refractivity contribution in [1.82, 2.24) is 5.32 Å². The van der Waals surface area contributed by atoms with Crippen molar-refractivity contribution in [2.24, 2.45) is 0 Å². The van der Waals surface area contributed by atoms with Gasteiger partial charge in [-0.2, -0.15) is 0 Å². The summed E-state index contributed by atoms with van der Waals surface area (Å²) in [5.41, 5.74) is 2.74. The summed E-state index contributed by atoms with van der Waals surface area (Å²) in [4.78, 5) is 24.7. The summed E-state index contributed by atoms with van der Waals surface area (Å²) < 4.78 is 5.79. The number of hydrogen-bond donors (Lipinski definition) is 2. The van der Waals surface area contributed by atoms with Gasteiger partial charge in [-0.05, 0) is 43.3 Å². The van der Waals surface area contributed by atoms with Gasteiger partial charge in [-0.25, -0.2) is 0 Å². The molecule has 1 heterocycles. The molecular formula is C22H18N2O3. The van der Waals surface area contributed by atoms with Crippen molar-refractivity contribution in [2.75, 3.05) is 5.32 Å². The van der Waals surface area contributed by atoms with Crippen LogP contribution in [-0.4, -0.2) is 17.9 Å². The molecule has 0 aliphatic rings. The van der Waals surface area contributed by atoms with E-state index in [1.807, 2.05) is 42.5 Å². The first-order valence-corrected chi connectivity index (χ1v) is 8.70. The molecule has 0 spiro atoms. The molecule has 0 bridgehead atoms. The lowest BCUT2D eigenvalue weighted by molar-refractivity contribution is -0.117. The second-order valence-corrected chi connectivity index (χ2v) is 6.36. The summed E-state index contributed by atoms with van der Waals surface area (Å²) in [6.07, 6.45) is 0. The summed E-state index contributed by atoms with van der Waals surface area (Å²) in [5.74, 6) is -0.569. The van der Waals surface area contributed by atoms with Crippen LogP contribution in [0.5, 0.6) is 0 Å². The summed E-state index contributed by atoms with van der Waals surface area (Å²) in [5, 5.41) is 7.49. The van der Waals surface area contributed by atoms with E-state index in [-0.39, 0.29) is 11.8 Å². The van der Waals surface area contributed by atoms with E-state index < -0.39 is 6.04 Å². The van der Waals surface area contributed by atoms with Gasteiger partial charge in [-0.3, -0.25) is 9.59 Å². The van der Waals surface area contributed by atoms with Crippen LogP contribution < -0.4 is 10.6 Å². The van der Waals surface area contributed by atoms with E-state index in [0.29, 0.717) is 11.3 Å². The molecule has 5 nitrogen and oxygen atoms in total. The fraction of sp³-hybridized carbons (Fsp3) is 0.0909. The number of carbonyl (C=O) groups excluding carboxylic acids is 2. The van der Waals surface area contributed by atoms with Gasteiger partial charge in [-0.1, -0.05) is 36.4 Å². The smallest absolute Gasteiger partial charge is 0.251 e. The van der Waals surface area contributed by atoms with Gasteiger partial charge in [0.15, 0.2) is 0 Å². The highest BCUT2D eigenvalue weighted by atomic mass is 16.3. The first-order chi connectivity index (χ1) is 13.1. The summed E-state index contributed by atoms with van der Waals surface area (Å²) in [6.45, 7) is 1.65. The van der Waals surface area contributed by atoms with Crippen molar-refractivity contribution in [3.8, 4) is 0 Å². The molecule has 2 N–H and O–H groups in total. The Bertz CT molecular complexity index is 1130. The van der Waals surface area contributed by atoms with Gasteiger partial charge in [0.2, 0.25) is 5.91 Å². The number of nitrogens with one attached hydrogen (secondary N) is 2. The topological polar surface area (TPSA) is 71.3 Å². The minimum absolute atomic E-state index is 0.283. The number of furan rings is 1. The molecule has 0 saturated heterocycles. The molecule has 3 aromatic carbocycles. The maximum atomic E-state index is 12.5. The Morgan fingerprint density at radius 3 is 2.37 bits per heavy atom. The number of anilines is 1. The Balaban J connectivity index is 1.50. The summed E-state index contributed by atoms with van der Waals surface area (Å²) in [6, 6.07) is 21.4. The van der Waals surface area contributed by atoms with Gasteiger partial charge in [-0.15, -0.1) is 0 Å². The Hall–Kier alpha value is -3.60. The van der Waals surface area contributed by atoms with Crippen LogP contribution in [0.25, 0.3) is 21.9 Å². The monoisotopic (exact) mass is 358 g/mol. The minimum atomic E-state index is -0.672. The average molecular weight is 358 g/mol. The zero-order valence-electron chi connectivity index (χ0n) is 14.7. The number of benzene rings is 3. The van der Waals surface area contributed by atoms with E-state index in [1.54, 1.807) is 37.3 Å². The highest BCUT2D eigenvalue weighted by Crippen LogP contribution is 2.30. The molecule has 2 amide bonds. The molecule has 5 heteroatoms. The second-order valence-electron chi connectivity index (χ2n) is 6.36. The van der Waals surface area contributed by atoms with E-state index in [4.69, 9.17) is 4.42 Å². The number of carbonyl (C=O) groups is 2. The number of para-hydroxylation sites is 1. The average Bonchev–Trinajstić information content (AvgIpc) is 3.06. The summed E-state index contributed by atoms with van der Waals surface area (Å²) in [7, 11) is 0. The lowest BCUT2D eigenvalue weighted by Crippen LogP contribution is -2.41. The van der Waals surface area contributed by atoms with Crippen LogP contribution in [0.4, 0.5) is 5.69 Å². The van der Waals surface area contributed by atoms with Gasteiger partial charge in [0.05, 0.1) is 0 Å². The Labute approximate surface area is 156 Å². The third-order valence-corrected chi connectivity index (χ3v) is 4.42. The highest BCUT2D eigenvalue weighted by molar-refractivity contribution is 6.07. The van der Waals surface area contributed by atoms with E-state index in [0.717, 1.165) is 21.9 Å². The molecular weight excluding hydrogens is 340 g/mol. The van der Waals surface area contributed by atoms with Gasteiger partial charge >= 0.3 is 0 Å². The molecule has 4 rings (SSSR count). The lowest BCUT2D eigenvalue weighted by atomic mass is 10.1. The van der Waals surface area contributed by atoms with E-state index in [2.05, 4.69) is 10.6 Å². The molecule has 4 aromatic rings. The van der Waals surface area contributed by atoms with Crippen LogP contribution in [-0.2, 0) is 4.79 Å². The Kier molecular flexibility index (Phi) is 4.34. The first-order valence-electron chi connectivity index (χ1n) is 8.70. The van der Waals surface area contributed by atoms with Gasteiger partial charge in [0.1, 0.15) is 17.2 Å². The van der Waals surface area contributed by atoms with Crippen LogP contribution in [0.15, 0.2) is 77.2 Å². The van der Waals surface area contributed by atoms with Gasteiger partial charge in [0.25, 0.3) is 5.91 Å². The van der Waals surface area contributed by atoms with Crippen molar-refractivity contribution in [2.45, 2.75) is 13.0 Å². The molecule has 1 atom stereocenters. The fourth-order valence-electron chi connectivity index (χ4n) is 2.99. The zero-order valence-corrected chi connectivity index (χ0v) is 14.7. The molecule has 134 valence electrons. The third-order valence-electron chi connectivity index (χ3n) is 4.42. The predicted octanol–water partition coefficient (Wildman–Crippen LogP) is 4.34. The van der Waals surface area contributed by atoms with Gasteiger partial charge in [0, 0.05) is 22.0 Å².